The van der Waals surface area contributed by atoms with Crippen LogP contribution in [-0.4, -0.2) is 35.7 Å². The van der Waals surface area contributed by atoms with E-state index in [0.717, 1.165) is 0 Å². The molecule has 0 aliphatic carbocycles. The summed E-state index contributed by atoms with van der Waals surface area (Å²) in [7, 11) is 0. The van der Waals surface area contributed by atoms with E-state index in [0.29, 0.717) is 36.7 Å². The van der Waals surface area contributed by atoms with Gasteiger partial charge in [0.1, 0.15) is 13.2 Å². The monoisotopic (exact) mass is 293 g/mol. The van der Waals surface area contributed by atoms with Crippen molar-refractivity contribution in [1.82, 2.24) is 5.32 Å². The maximum absolute atomic E-state index is 12.4. The molecule has 1 aliphatic heterocycles. The molecule has 1 aliphatic rings. The maximum atomic E-state index is 12.4. The zero-order valence-corrected chi connectivity index (χ0v) is 12.1. The second-order valence-electron chi connectivity index (χ2n) is 5.27. The molecule has 1 amide bonds. The van der Waals surface area contributed by atoms with E-state index in [1.807, 2.05) is 6.92 Å². The predicted octanol–water partition coefficient (Wildman–Crippen LogP) is 1.83. The van der Waals surface area contributed by atoms with Crippen molar-refractivity contribution in [3.05, 3.63) is 23.8 Å². The number of benzene rings is 1. The molecule has 0 radical (unpaired) electrons. The van der Waals surface area contributed by atoms with Gasteiger partial charge in [-0.25, -0.2) is 0 Å². The van der Waals surface area contributed by atoms with Crippen LogP contribution in [0.4, 0.5) is 0 Å². The van der Waals surface area contributed by atoms with E-state index < -0.39 is 11.5 Å². The molecule has 2 rings (SSSR count). The Morgan fingerprint density at radius 3 is 2.71 bits per heavy atom. The largest absolute Gasteiger partial charge is 0.486 e. The minimum Gasteiger partial charge on any atom is -0.486 e. The Balaban J connectivity index is 2.22. The van der Waals surface area contributed by atoms with E-state index in [4.69, 9.17) is 14.6 Å². The van der Waals surface area contributed by atoms with Gasteiger partial charge in [0.05, 0.1) is 12.0 Å². The highest BCUT2D eigenvalue weighted by Crippen LogP contribution is 2.33. The molecule has 114 valence electrons. The van der Waals surface area contributed by atoms with Gasteiger partial charge in [0.2, 0.25) is 0 Å². The molecule has 0 bridgehead atoms. The number of ether oxygens (including phenoxy) is 2. The van der Waals surface area contributed by atoms with Gasteiger partial charge in [-0.2, -0.15) is 0 Å². The van der Waals surface area contributed by atoms with E-state index in [1.54, 1.807) is 25.1 Å². The Hall–Kier alpha value is -2.24. The van der Waals surface area contributed by atoms with Crippen LogP contribution < -0.4 is 14.8 Å². The average molecular weight is 293 g/mol. The number of para-hydroxylation sites is 1. The van der Waals surface area contributed by atoms with Crippen LogP contribution in [0, 0.1) is 0 Å². The molecular weight excluding hydrogens is 274 g/mol. The van der Waals surface area contributed by atoms with Crippen molar-refractivity contribution in [2.24, 2.45) is 0 Å². The van der Waals surface area contributed by atoms with Crippen LogP contribution in [0.15, 0.2) is 18.2 Å². The number of carboxylic acid groups (broad SMARTS) is 1. The molecule has 1 aromatic carbocycles. The van der Waals surface area contributed by atoms with Gasteiger partial charge >= 0.3 is 5.97 Å². The van der Waals surface area contributed by atoms with Crippen LogP contribution in [0.2, 0.25) is 0 Å². The summed E-state index contributed by atoms with van der Waals surface area (Å²) in [5.74, 6) is -0.363. The molecule has 0 fully saturated rings. The number of hydrogen-bond acceptors (Lipinski definition) is 4. The number of carboxylic acids is 1. The number of carbonyl (C=O) groups is 2. The molecule has 0 saturated carbocycles. The Labute approximate surface area is 123 Å². The molecule has 0 saturated heterocycles. The number of rotatable bonds is 5. The standard InChI is InChI=1S/C15H19NO5/c1-3-15(2,9-12(17)18)16-14(19)10-5-4-6-11-13(10)21-8-7-20-11/h4-6H,3,7-9H2,1-2H3,(H,16,19)(H,17,18)/t15-/m0/s1. The second-order valence-corrected chi connectivity index (χ2v) is 5.27. The third kappa shape index (κ3) is 3.45. The molecule has 6 heteroatoms. The summed E-state index contributed by atoms with van der Waals surface area (Å²) in [5.41, 5.74) is -0.446. The SMILES string of the molecule is CC[C@@](C)(CC(=O)O)NC(=O)c1cccc2c1OCCO2. The van der Waals surface area contributed by atoms with Gasteiger partial charge in [-0.15, -0.1) is 0 Å². The van der Waals surface area contributed by atoms with Crippen molar-refractivity contribution in [3.63, 3.8) is 0 Å². The summed E-state index contributed by atoms with van der Waals surface area (Å²) in [6, 6.07) is 5.09. The van der Waals surface area contributed by atoms with Gasteiger partial charge in [0, 0.05) is 5.54 Å². The van der Waals surface area contributed by atoms with Crippen molar-refractivity contribution >= 4 is 11.9 Å². The van der Waals surface area contributed by atoms with E-state index in [1.165, 1.54) is 0 Å². The fourth-order valence-corrected chi connectivity index (χ4v) is 2.19. The van der Waals surface area contributed by atoms with Gasteiger partial charge in [-0.05, 0) is 25.5 Å². The maximum Gasteiger partial charge on any atom is 0.305 e. The molecule has 6 nitrogen and oxygen atoms in total. The third-order valence-corrected chi connectivity index (χ3v) is 3.55. The number of aliphatic carboxylic acids is 1. The summed E-state index contributed by atoms with van der Waals surface area (Å²) in [6.07, 6.45) is 0.374. The first kappa shape index (κ1) is 15.2. The molecule has 1 aromatic rings. The van der Waals surface area contributed by atoms with Crippen molar-refractivity contribution in [3.8, 4) is 11.5 Å². The molecule has 0 unspecified atom stereocenters. The Morgan fingerprint density at radius 1 is 1.33 bits per heavy atom. The quantitative estimate of drug-likeness (QED) is 0.865. The number of carbonyl (C=O) groups excluding carboxylic acids is 1. The van der Waals surface area contributed by atoms with Gasteiger partial charge in [-0.3, -0.25) is 9.59 Å². The van der Waals surface area contributed by atoms with Crippen LogP contribution in [0.1, 0.15) is 37.0 Å². The normalized spacial score (nSPS) is 15.9. The topological polar surface area (TPSA) is 84.9 Å². The lowest BCUT2D eigenvalue weighted by Gasteiger charge is -2.29. The van der Waals surface area contributed by atoms with Crippen LogP contribution >= 0.6 is 0 Å². The van der Waals surface area contributed by atoms with Crippen molar-refractivity contribution < 1.29 is 24.2 Å². The Kier molecular flexibility index (Phi) is 4.35. The van der Waals surface area contributed by atoms with E-state index in [2.05, 4.69) is 5.32 Å². The van der Waals surface area contributed by atoms with Crippen LogP contribution in [0.25, 0.3) is 0 Å². The predicted molar refractivity (Wildman–Crippen MR) is 75.8 cm³/mol. The van der Waals surface area contributed by atoms with Gasteiger partial charge in [0.25, 0.3) is 5.91 Å². The molecule has 1 heterocycles. The first-order valence-corrected chi connectivity index (χ1v) is 6.88. The van der Waals surface area contributed by atoms with E-state index >= 15 is 0 Å². The van der Waals surface area contributed by atoms with Crippen LogP contribution in [0.5, 0.6) is 11.5 Å². The summed E-state index contributed by atoms with van der Waals surface area (Å²) in [6.45, 7) is 4.39. The fraction of sp³-hybridized carbons (Fsp3) is 0.467. The van der Waals surface area contributed by atoms with E-state index in [9.17, 15) is 9.59 Å². The van der Waals surface area contributed by atoms with Crippen molar-refractivity contribution in [2.45, 2.75) is 32.2 Å². The van der Waals surface area contributed by atoms with Crippen molar-refractivity contribution in [2.75, 3.05) is 13.2 Å². The first-order valence-electron chi connectivity index (χ1n) is 6.88. The smallest absolute Gasteiger partial charge is 0.305 e. The van der Waals surface area contributed by atoms with Gasteiger partial charge in [-0.1, -0.05) is 13.0 Å². The highest BCUT2D eigenvalue weighted by Gasteiger charge is 2.30. The zero-order chi connectivity index (χ0) is 15.5. The van der Waals surface area contributed by atoms with Crippen LogP contribution in [0.3, 0.4) is 0 Å². The number of hydrogen-bond donors (Lipinski definition) is 2. The molecule has 21 heavy (non-hydrogen) atoms. The Bertz CT molecular complexity index is 557. The lowest BCUT2D eigenvalue weighted by atomic mass is 9.94. The lowest BCUT2D eigenvalue weighted by Crippen LogP contribution is -2.47. The average Bonchev–Trinajstić information content (AvgIpc) is 2.45. The lowest BCUT2D eigenvalue weighted by molar-refractivity contribution is -0.138. The highest BCUT2D eigenvalue weighted by molar-refractivity contribution is 5.98. The first-order chi connectivity index (χ1) is 9.95. The molecular formula is C15H19NO5. The summed E-state index contributed by atoms with van der Waals surface area (Å²) in [5, 5.41) is 11.7. The molecule has 2 N–H and O–H groups in total. The number of nitrogens with one attached hydrogen (secondary N) is 1. The summed E-state index contributed by atoms with van der Waals surface area (Å²) >= 11 is 0. The van der Waals surface area contributed by atoms with Gasteiger partial charge < -0.3 is 19.9 Å². The molecule has 1 atom stereocenters. The third-order valence-electron chi connectivity index (χ3n) is 3.55. The van der Waals surface area contributed by atoms with Gasteiger partial charge in [0.15, 0.2) is 11.5 Å². The Morgan fingerprint density at radius 2 is 2.05 bits per heavy atom. The molecule has 0 aromatic heterocycles. The minimum absolute atomic E-state index is 0.137. The summed E-state index contributed by atoms with van der Waals surface area (Å²) < 4.78 is 10.9. The fourth-order valence-electron chi connectivity index (χ4n) is 2.19. The zero-order valence-electron chi connectivity index (χ0n) is 12.1. The van der Waals surface area contributed by atoms with Crippen LogP contribution in [-0.2, 0) is 4.79 Å². The highest BCUT2D eigenvalue weighted by atomic mass is 16.6. The summed E-state index contributed by atoms with van der Waals surface area (Å²) in [4.78, 5) is 23.4. The number of fused-ring (bicyclic) bond motifs is 1. The number of amides is 1. The van der Waals surface area contributed by atoms with E-state index in [-0.39, 0.29) is 12.3 Å². The molecule has 0 spiro atoms. The second kappa shape index (κ2) is 6.03. The van der Waals surface area contributed by atoms with Crippen molar-refractivity contribution in [1.29, 1.82) is 0 Å². The minimum atomic E-state index is -0.950.